The van der Waals surface area contributed by atoms with Gasteiger partial charge in [-0.25, -0.2) is 0 Å². The van der Waals surface area contributed by atoms with Crippen molar-refractivity contribution in [3.05, 3.63) is 29.3 Å². The molecule has 2 aliphatic heterocycles. The van der Waals surface area contributed by atoms with Crippen molar-refractivity contribution in [1.29, 1.82) is 0 Å². The number of carbonyl (C=O) groups is 1. The normalized spacial score (nSPS) is 27.5. The Hall–Kier alpha value is -1.39. The maximum atomic E-state index is 11.8. The Morgan fingerprint density at radius 3 is 2.77 bits per heavy atom. The van der Waals surface area contributed by atoms with E-state index in [-0.39, 0.29) is 5.91 Å². The Kier molecular flexibility index (Phi) is 5.32. The predicted octanol–water partition coefficient (Wildman–Crippen LogP) is 3.53. The van der Waals surface area contributed by atoms with Gasteiger partial charge in [-0.2, -0.15) is 0 Å². The van der Waals surface area contributed by atoms with E-state index in [2.05, 4.69) is 11.0 Å². The average molecular weight is 357 g/mol. The van der Waals surface area contributed by atoms with Gasteiger partial charge in [0.1, 0.15) is 0 Å². The van der Waals surface area contributed by atoms with Crippen LogP contribution in [0.25, 0.3) is 0 Å². The highest BCUT2D eigenvalue weighted by molar-refractivity contribution is 5.92. The number of likely N-dealkylation sites (tertiary alicyclic amines) is 1. The third-order valence-electron chi connectivity index (χ3n) is 6.79. The molecule has 2 fully saturated rings. The molecule has 0 aromatic heterocycles. The minimum absolute atomic E-state index is 0.106. The Morgan fingerprint density at radius 2 is 1.96 bits per heavy atom. The van der Waals surface area contributed by atoms with E-state index in [4.69, 9.17) is 0 Å². The Bertz CT molecular complexity index is 660. The average Bonchev–Trinajstić information content (AvgIpc) is 2.66. The van der Waals surface area contributed by atoms with Crippen LogP contribution in [0.4, 0.5) is 5.69 Å². The van der Waals surface area contributed by atoms with Gasteiger partial charge < -0.3 is 14.9 Å². The van der Waals surface area contributed by atoms with Crippen molar-refractivity contribution in [2.75, 3.05) is 31.1 Å². The molecule has 3 unspecified atom stereocenters. The minimum atomic E-state index is -0.437. The summed E-state index contributed by atoms with van der Waals surface area (Å²) < 4.78 is 0. The highest BCUT2D eigenvalue weighted by atomic mass is 16.3. The zero-order chi connectivity index (χ0) is 18.1. The molecule has 1 aromatic carbocycles. The summed E-state index contributed by atoms with van der Waals surface area (Å²) in [4.78, 5) is 16.2. The molecule has 4 rings (SSSR count). The molecule has 1 aromatic rings. The second kappa shape index (κ2) is 7.69. The Balaban J connectivity index is 1.42. The van der Waals surface area contributed by atoms with Gasteiger partial charge in [-0.3, -0.25) is 4.79 Å². The quantitative estimate of drug-likeness (QED) is 0.901. The second-order valence-electron chi connectivity index (χ2n) is 8.53. The van der Waals surface area contributed by atoms with Gasteiger partial charge in [0.25, 0.3) is 0 Å². The number of benzene rings is 1. The van der Waals surface area contributed by atoms with Gasteiger partial charge in [0, 0.05) is 32.2 Å². The summed E-state index contributed by atoms with van der Waals surface area (Å²) in [6.07, 6.45) is 8.44. The van der Waals surface area contributed by atoms with Crippen LogP contribution in [0, 0.1) is 11.8 Å². The number of anilines is 1. The predicted molar refractivity (Wildman–Crippen MR) is 104 cm³/mol. The summed E-state index contributed by atoms with van der Waals surface area (Å²) in [5.74, 6) is 1.88. The van der Waals surface area contributed by atoms with Crippen molar-refractivity contribution in [3.63, 3.8) is 0 Å². The number of hydrogen-bond acceptors (Lipinski definition) is 3. The molecule has 3 aliphatic rings. The van der Waals surface area contributed by atoms with Crippen molar-refractivity contribution in [3.8, 4) is 0 Å². The minimum Gasteiger partial charge on any atom is -0.387 e. The van der Waals surface area contributed by atoms with Crippen LogP contribution in [0.1, 0.15) is 62.7 Å². The number of aryl methyl sites for hydroxylation is 1. The third kappa shape index (κ3) is 3.67. The lowest BCUT2D eigenvalue weighted by Gasteiger charge is -2.42. The molecule has 3 atom stereocenters. The van der Waals surface area contributed by atoms with E-state index >= 15 is 0 Å². The highest BCUT2D eigenvalue weighted by Crippen LogP contribution is 2.37. The van der Waals surface area contributed by atoms with E-state index in [1.807, 2.05) is 17.0 Å². The fraction of sp³-hybridized carbons (Fsp3) is 0.682. The number of rotatable bonds is 3. The topological polar surface area (TPSA) is 43.8 Å². The van der Waals surface area contributed by atoms with E-state index in [9.17, 15) is 9.90 Å². The SMILES string of the molecule is CC(=O)N1CCCc2cc(C(O)CN3CCC4CCCCC4C3)ccc21. The molecular weight excluding hydrogens is 324 g/mol. The van der Waals surface area contributed by atoms with Crippen LogP contribution in [-0.4, -0.2) is 42.1 Å². The summed E-state index contributed by atoms with van der Waals surface area (Å²) in [6.45, 7) is 5.46. The van der Waals surface area contributed by atoms with E-state index in [0.29, 0.717) is 0 Å². The van der Waals surface area contributed by atoms with Crippen molar-refractivity contribution in [1.82, 2.24) is 4.90 Å². The number of nitrogens with zero attached hydrogens (tertiary/aromatic N) is 2. The van der Waals surface area contributed by atoms with E-state index in [1.165, 1.54) is 37.7 Å². The molecule has 4 nitrogen and oxygen atoms in total. The number of piperidine rings is 1. The second-order valence-corrected chi connectivity index (χ2v) is 8.53. The number of carbonyl (C=O) groups excluding carboxylic acids is 1. The van der Waals surface area contributed by atoms with Crippen molar-refractivity contribution < 1.29 is 9.90 Å². The van der Waals surface area contributed by atoms with E-state index < -0.39 is 6.10 Å². The molecule has 0 radical (unpaired) electrons. The van der Waals surface area contributed by atoms with Crippen LogP contribution in [0.5, 0.6) is 0 Å². The van der Waals surface area contributed by atoms with Crippen molar-refractivity contribution >= 4 is 11.6 Å². The molecular formula is C22H32N2O2. The standard InChI is InChI=1S/C22H32N2O2/c1-16(25)24-11-4-7-18-13-19(8-9-21(18)24)22(26)15-23-12-10-17-5-2-3-6-20(17)14-23/h8-9,13,17,20,22,26H,2-7,10-12,14-15H2,1H3. The fourth-order valence-corrected chi connectivity index (χ4v) is 5.34. The van der Waals surface area contributed by atoms with Gasteiger partial charge in [-0.1, -0.05) is 31.4 Å². The van der Waals surface area contributed by atoms with Crippen LogP contribution < -0.4 is 4.90 Å². The number of aliphatic hydroxyl groups is 1. The molecule has 0 bridgehead atoms. The maximum Gasteiger partial charge on any atom is 0.223 e. The zero-order valence-corrected chi connectivity index (χ0v) is 16.0. The number of amides is 1. The summed E-state index contributed by atoms with van der Waals surface area (Å²) in [7, 11) is 0. The van der Waals surface area contributed by atoms with Gasteiger partial charge >= 0.3 is 0 Å². The molecule has 0 spiro atoms. The van der Waals surface area contributed by atoms with Gasteiger partial charge in [0.15, 0.2) is 0 Å². The first-order valence-corrected chi connectivity index (χ1v) is 10.4. The molecule has 142 valence electrons. The van der Waals surface area contributed by atoms with Crippen LogP contribution in [0.15, 0.2) is 18.2 Å². The number of β-amino-alcohol motifs (C(OH)–C–C–N with tert-alkyl or cyclic N) is 1. The van der Waals surface area contributed by atoms with Crippen molar-refractivity contribution in [2.45, 2.75) is 58.0 Å². The van der Waals surface area contributed by atoms with Crippen LogP contribution >= 0.6 is 0 Å². The molecule has 1 saturated carbocycles. The lowest BCUT2D eigenvalue weighted by Crippen LogP contribution is -2.43. The molecule has 1 amide bonds. The first-order valence-electron chi connectivity index (χ1n) is 10.4. The molecule has 2 heterocycles. The van der Waals surface area contributed by atoms with E-state index in [0.717, 1.165) is 62.1 Å². The molecule has 1 saturated heterocycles. The van der Waals surface area contributed by atoms with Gasteiger partial charge in [-0.15, -0.1) is 0 Å². The van der Waals surface area contributed by atoms with E-state index in [1.54, 1.807) is 6.92 Å². The smallest absolute Gasteiger partial charge is 0.223 e. The zero-order valence-electron chi connectivity index (χ0n) is 16.0. The number of aliphatic hydroxyl groups excluding tert-OH is 1. The summed E-state index contributed by atoms with van der Waals surface area (Å²) in [6, 6.07) is 6.17. The highest BCUT2D eigenvalue weighted by Gasteiger charge is 2.32. The van der Waals surface area contributed by atoms with Gasteiger partial charge in [0.05, 0.1) is 6.10 Å². The molecule has 1 aliphatic carbocycles. The lowest BCUT2D eigenvalue weighted by molar-refractivity contribution is -0.116. The summed E-state index contributed by atoms with van der Waals surface area (Å²) in [5, 5.41) is 10.8. The maximum absolute atomic E-state index is 11.8. The summed E-state index contributed by atoms with van der Waals surface area (Å²) in [5.41, 5.74) is 3.23. The third-order valence-corrected chi connectivity index (χ3v) is 6.79. The van der Waals surface area contributed by atoms with Gasteiger partial charge in [-0.05, 0) is 61.3 Å². The molecule has 1 N–H and O–H groups in total. The van der Waals surface area contributed by atoms with Crippen molar-refractivity contribution in [2.24, 2.45) is 11.8 Å². The monoisotopic (exact) mass is 356 g/mol. The first kappa shape index (κ1) is 18.0. The Labute approximate surface area is 157 Å². The fourth-order valence-electron chi connectivity index (χ4n) is 5.34. The van der Waals surface area contributed by atoms with Crippen LogP contribution in [0.2, 0.25) is 0 Å². The first-order chi connectivity index (χ1) is 12.6. The number of hydrogen-bond donors (Lipinski definition) is 1. The van der Waals surface area contributed by atoms with Crippen LogP contribution in [-0.2, 0) is 11.2 Å². The van der Waals surface area contributed by atoms with Crippen LogP contribution in [0.3, 0.4) is 0 Å². The molecule has 26 heavy (non-hydrogen) atoms. The molecule has 4 heteroatoms. The summed E-state index contributed by atoms with van der Waals surface area (Å²) >= 11 is 0. The number of fused-ring (bicyclic) bond motifs is 2. The van der Waals surface area contributed by atoms with Gasteiger partial charge in [0.2, 0.25) is 5.91 Å². The largest absolute Gasteiger partial charge is 0.387 e. The Morgan fingerprint density at radius 1 is 1.15 bits per heavy atom. The lowest BCUT2D eigenvalue weighted by atomic mass is 9.75.